The van der Waals surface area contributed by atoms with Gasteiger partial charge in [0.25, 0.3) is 0 Å². The third kappa shape index (κ3) is 5.35. The molecule has 2 aliphatic rings. The minimum absolute atomic E-state index is 0.189. The van der Waals surface area contributed by atoms with Gasteiger partial charge < -0.3 is 0 Å². The Morgan fingerprint density at radius 2 is 0.804 bits per heavy atom. The predicted molar refractivity (Wildman–Crippen MR) is 239 cm³/mol. The highest BCUT2D eigenvalue weighted by Crippen LogP contribution is 2.60. The third-order valence-corrected chi connectivity index (χ3v) is 12.4. The zero-order valence-corrected chi connectivity index (χ0v) is 32.5. The van der Waals surface area contributed by atoms with Gasteiger partial charge in [0.15, 0.2) is 0 Å². The van der Waals surface area contributed by atoms with Crippen LogP contribution in [0.2, 0.25) is 0 Å². The molecule has 0 N–H and O–H groups in total. The van der Waals surface area contributed by atoms with Gasteiger partial charge in [0.05, 0.1) is 0 Å². The van der Waals surface area contributed by atoms with Crippen molar-refractivity contribution < 1.29 is 0 Å². The second-order valence-electron chi connectivity index (χ2n) is 16.5. The summed E-state index contributed by atoms with van der Waals surface area (Å²) >= 11 is 0. The average Bonchev–Trinajstić information content (AvgIpc) is 3.61. The van der Waals surface area contributed by atoms with Crippen LogP contribution in [0.4, 0.5) is 0 Å². The van der Waals surface area contributed by atoms with Gasteiger partial charge in [-0.3, -0.25) is 0 Å². The van der Waals surface area contributed by atoms with Gasteiger partial charge in [-0.2, -0.15) is 0 Å². The molecule has 0 fully saturated rings. The maximum absolute atomic E-state index is 2.50. The van der Waals surface area contributed by atoms with E-state index in [1.54, 1.807) is 0 Å². The maximum atomic E-state index is 2.50. The first kappa shape index (κ1) is 34.0. The van der Waals surface area contributed by atoms with Gasteiger partial charge in [-0.05, 0) is 118 Å². The van der Waals surface area contributed by atoms with Gasteiger partial charge in [-0.25, -0.2) is 0 Å². The van der Waals surface area contributed by atoms with Gasteiger partial charge in [-0.15, -0.1) is 0 Å². The van der Waals surface area contributed by atoms with Crippen molar-refractivity contribution in [3.63, 3.8) is 0 Å². The Morgan fingerprint density at radius 3 is 1.36 bits per heavy atom. The predicted octanol–water partition coefficient (Wildman–Crippen LogP) is 14.6. The summed E-state index contributed by atoms with van der Waals surface area (Å²) in [5.41, 5.74) is 20.6. The third-order valence-electron chi connectivity index (χ3n) is 12.4. The Hall–Kier alpha value is -6.50. The summed E-state index contributed by atoms with van der Waals surface area (Å²) in [4.78, 5) is 0. The van der Waals surface area contributed by atoms with Crippen LogP contribution in [0, 0.1) is 0 Å². The van der Waals surface area contributed by atoms with Crippen molar-refractivity contribution in [2.45, 2.75) is 38.5 Å². The fraction of sp³-hybridized carbons (Fsp3) is 0.107. The largest absolute Gasteiger partial charge is 0.0622 e. The summed E-state index contributed by atoms with van der Waals surface area (Å²) < 4.78 is 0. The highest BCUT2D eigenvalue weighted by molar-refractivity contribution is 6.09. The van der Waals surface area contributed by atoms with Gasteiger partial charge >= 0.3 is 0 Å². The molecule has 0 heteroatoms. The van der Waals surface area contributed by atoms with E-state index in [9.17, 15) is 0 Å². The second kappa shape index (κ2) is 13.1. The van der Waals surface area contributed by atoms with E-state index in [1.807, 2.05) is 0 Å². The Kier molecular flexibility index (Phi) is 7.94. The van der Waals surface area contributed by atoms with Crippen molar-refractivity contribution in [1.82, 2.24) is 0 Å². The van der Waals surface area contributed by atoms with Crippen LogP contribution in [0.15, 0.2) is 182 Å². The van der Waals surface area contributed by atoms with Crippen molar-refractivity contribution in [2.24, 2.45) is 0 Å². The van der Waals surface area contributed by atoms with Crippen LogP contribution in [0.3, 0.4) is 0 Å². The maximum Gasteiger partial charge on any atom is 0.0162 e. The molecule has 268 valence electrons. The number of hydrogen-bond donors (Lipinski definition) is 0. The number of fused-ring (bicyclic) bond motifs is 9. The standard InChI is InChI=1S/C56H44/c1-55(2)50-34-37(33-48(38-19-9-5-10-20-38)39-21-11-6-12-22-39)29-30-44(50)46-31-32-47-52-45-28-18-17-27-43(45)42(36-51(52)56(3,4)54(47)53(46)55)35-49(40-23-13-7-14-24-40)41-25-15-8-16-26-41/h5-36H,1-4H3. The second-order valence-corrected chi connectivity index (χ2v) is 16.5. The molecular weight excluding hydrogens is 673 g/mol. The first-order valence-electron chi connectivity index (χ1n) is 19.9. The Bertz CT molecular complexity index is 2770. The van der Waals surface area contributed by atoms with Crippen LogP contribution in [0.25, 0.3) is 56.3 Å². The lowest BCUT2D eigenvalue weighted by molar-refractivity contribution is 0.601. The molecule has 0 saturated heterocycles. The van der Waals surface area contributed by atoms with Crippen molar-refractivity contribution in [3.8, 4) is 22.3 Å². The van der Waals surface area contributed by atoms with E-state index < -0.39 is 0 Å². The van der Waals surface area contributed by atoms with Crippen molar-refractivity contribution in [1.29, 1.82) is 0 Å². The Morgan fingerprint density at radius 1 is 0.375 bits per heavy atom. The molecule has 0 heterocycles. The molecule has 56 heavy (non-hydrogen) atoms. The van der Waals surface area contributed by atoms with Gasteiger partial charge in [0.1, 0.15) is 0 Å². The van der Waals surface area contributed by atoms with Crippen molar-refractivity contribution >= 4 is 34.1 Å². The first-order valence-corrected chi connectivity index (χ1v) is 19.9. The summed E-state index contributed by atoms with van der Waals surface area (Å²) in [6.45, 7) is 9.79. The highest BCUT2D eigenvalue weighted by Gasteiger charge is 2.46. The van der Waals surface area contributed by atoms with Gasteiger partial charge in [-0.1, -0.05) is 204 Å². The molecule has 0 radical (unpaired) electrons. The van der Waals surface area contributed by atoms with Crippen molar-refractivity contribution in [2.75, 3.05) is 0 Å². The number of rotatable bonds is 6. The molecular formula is C56H44. The highest BCUT2D eigenvalue weighted by atomic mass is 14.5. The molecule has 0 bridgehead atoms. The van der Waals surface area contributed by atoms with E-state index in [0.717, 1.165) is 0 Å². The van der Waals surface area contributed by atoms with E-state index in [-0.39, 0.29) is 10.8 Å². The lowest BCUT2D eigenvalue weighted by Crippen LogP contribution is -2.24. The topological polar surface area (TPSA) is 0 Å². The summed E-state index contributed by atoms with van der Waals surface area (Å²) in [5.74, 6) is 0. The molecule has 0 unspecified atom stereocenters. The van der Waals surface area contributed by atoms with Gasteiger partial charge in [0.2, 0.25) is 0 Å². The van der Waals surface area contributed by atoms with E-state index >= 15 is 0 Å². The van der Waals surface area contributed by atoms with Crippen molar-refractivity contribution in [3.05, 3.63) is 238 Å². The van der Waals surface area contributed by atoms with Crippen LogP contribution in [0.1, 0.15) is 83.3 Å². The van der Waals surface area contributed by atoms with Crippen LogP contribution >= 0.6 is 0 Å². The molecule has 0 aromatic heterocycles. The normalized spacial score (nSPS) is 14.0. The molecule has 0 spiro atoms. The lowest BCUT2D eigenvalue weighted by Gasteiger charge is -2.31. The molecule has 8 aromatic rings. The molecule has 0 atom stereocenters. The monoisotopic (exact) mass is 716 g/mol. The number of hydrogen-bond acceptors (Lipinski definition) is 0. The lowest BCUT2D eigenvalue weighted by atomic mass is 9.72. The van der Waals surface area contributed by atoms with E-state index in [0.29, 0.717) is 0 Å². The minimum atomic E-state index is -0.210. The quantitative estimate of drug-likeness (QED) is 0.150. The Labute approximate surface area is 331 Å². The van der Waals surface area contributed by atoms with E-state index in [2.05, 4.69) is 222 Å². The fourth-order valence-corrected chi connectivity index (χ4v) is 9.77. The minimum Gasteiger partial charge on any atom is -0.0622 e. The fourth-order valence-electron chi connectivity index (χ4n) is 9.77. The van der Waals surface area contributed by atoms with Gasteiger partial charge in [0, 0.05) is 10.8 Å². The summed E-state index contributed by atoms with van der Waals surface area (Å²) in [5, 5.41) is 2.60. The van der Waals surface area contributed by atoms with Crippen LogP contribution in [-0.4, -0.2) is 0 Å². The summed E-state index contributed by atoms with van der Waals surface area (Å²) in [6.07, 6.45) is 4.79. The zero-order valence-electron chi connectivity index (χ0n) is 32.5. The molecule has 2 aliphatic carbocycles. The van der Waals surface area contributed by atoms with E-state index in [4.69, 9.17) is 0 Å². The summed E-state index contributed by atoms with van der Waals surface area (Å²) in [6, 6.07) is 66.7. The number of benzene rings is 8. The van der Waals surface area contributed by atoms with Crippen LogP contribution in [0.5, 0.6) is 0 Å². The van der Waals surface area contributed by atoms with Crippen LogP contribution < -0.4 is 0 Å². The van der Waals surface area contributed by atoms with E-state index in [1.165, 1.54) is 99.8 Å². The molecule has 0 amide bonds. The molecule has 0 nitrogen and oxygen atoms in total. The zero-order chi connectivity index (χ0) is 38.0. The first-order chi connectivity index (χ1) is 27.3. The smallest absolute Gasteiger partial charge is 0.0162 e. The average molecular weight is 717 g/mol. The molecule has 0 saturated carbocycles. The SMILES string of the molecule is CC1(C)c2cc(C=C(c3ccccc3)c3ccccc3)ccc2-c2ccc3c(c21)C(C)(C)c1cc(C=C(c2ccccc2)c2ccccc2)c2ccccc2c1-3. The molecule has 10 rings (SSSR count). The Balaban J connectivity index is 1.14. The molecule has 8 aromatic carbocycles. The summed E-state index contributed by atoms with van der Waals surface area (Å²) in [7, 11) is 0. The molecule has 0 aliphatic heterocycles. The van der Waals surface area contributed by atoms with Crippen LogP contribution in [-0.2, 0) is 10.8 Å².